The molecule has 0 spiro atoms. The van der Waals surface area contributed by atoms with Gasteiger partial charge in [-0.25, -0.2) is 4.39 Å². The molecule has 0 unspecified atom stereocenters. The summed E-state index contributed by atoms with van der Waals surface area (Å²) < 4.78 is 19.3. The Hall–Kier alpha value is -2.40. The predicted molar refractivity (Wildman–Crippen MR) is 105 cm³/mol. The molecular weight excluding hydrogens is 329 g/mol. The van der Waals surface area contributed by atoms with Crippen LogP contribution in [0.5, 0.6) is 0 Å². The van der Waals surface area contributed by atoms with E-state index in [1.165, 1.54) is 11.6 Å². The number of hydrogen-bond donors (Lipinski definition) is 2. The van der Waals surface area contributed by atoms with Crippen LogP contribution < -0.4 is 10.6 Å². The highest BCUT2D eigenvalue weighted by atomic mass is 19.1. The molecule has 0 bridgehead atoms. The Bertz CT molecular complexity index is 661. The fourth-order valence-corrected chi connectivity index (χ4v) is 2.51. The fraction of sp³-hybridized carbons (Fsp3) is 0.381. The average molecular weight is 357 g/mol. The number of guanidine groups is 1. The van der Waals surface area contributed by atoms with E-state index < -0.39 is 0 Å². The second kappa shape index (κ2) is 12.0. The van der Waals surface area contributed by atoms with Gasteiger partial charge in [-0.3, -0.25) is 4.99 Å². The third-order valence-electron chi connectivity index (χ3n) is 4.01. The van der Waals surface area contributed by atoms with E-state index in [-0.39, 0.29) is 5.82 Å². The second-order valence-electron chi connectivity index (χ2n) is 6.00. The van der Waals surface area contributed by atoms with Crippen molar-refractivity contribution >= 4 is 5.96 Å². The van der Waals surface area contributed by atoms with Crippen molar-refractivity contribution in [2.45, 2.75) is 25.8 Å². The molecule has 0 radical (unpaired) electrons. The zero-order valence-electron chi connectivity index (χ0n) is 15.4. The van der Waals surface area contributed by atoms with Gasteiger partial charge in [-0.2, -0.15) is 0 Å². The number of hydrogen-bond acceptors (Lipinski definition) is 2. The van der Waals surface area contributed by atoms with E-state index >= 15 is 0 Å². The molecule has 26 heavy (non-hydrogen) atoms. The van der Waals surface area contributed by atoms with Gasteiger partial charge < -0.3 is 15.4 Å². The lowest BCUT2D eigenvalue weighted by Crippen LogP contribution is -2.37. The summed E-state index contributed by atoms with van der Waals surface area (Å²) in [4.78, 5) is 4.15. The molecule has 0 aliphatic rings. The maximum absolute atomic E-state index is 13.6. The van der Waals surface area contributed by atoms with Crippen molar-refractivity contribution in [3.05, 3.63) is 71.5 Å². The standard InChI is InChI=1S/C21H28FN3O/c1-23-21(25-17-19-11-5-6-12-20(19)22)24-14-7-8-15-26-16-13-18-9-3-2-4-10-18/h2-6,9-12H,7-8,13-17H2,1H3,(H2,23,24,25). The topological polar surface area (TPSA) is 45.7 Å². The molecule has 5 heteroatoms. The van der Waals surface area contributed by atoms with Gasteiger partial charge in [-0.1, -0.05) is 48.5 Å². The van der Waals surface area contributed by atoms with Crippen molar-refractivity contribution in [1.82, 2.24) is 10.6 Å². The molecule has 2 rings (SSSR count). The van der Waals surface area contributed by atoms with Crippen molar-refractivity contribution in [1.29, 1.82) is 0 Å². The van der Waals surface area contributed by atoms with E-state index in [4.69, 9.17) is 4.74 Å². The van der Waals surface area contributed by atoms with Crippen molar-refractivity contribution in [3.63, 3.8) is 0 Å². The van der Waals surface area contributed by atoms with Crippen LogP contribution in [0, 0.1) is 5.82 Å². The SMILES string of the molecule is CN=C(NCCCCOCCc1ccccc1)NCc1ccccc1F. The van der Waals surface area contributed by atoms with Gasteiger partial charge >= 0.3 is 0 Å². The third-order valence-corrected chi connectivity index (χ3v) is 4.01. The van der Waals surface area contributed by atoms with Crippen LogP contribution in [0.3, 0.4) is 0 Å². The van der Waals surface area contributed by atoms with Crippen LogP contribution in [0.25, 0.3) is 0 Å². The molecule has 4 nitrogen and oxygen atoms in total. The molecule has 0 aliphatic heterocycles. The van der Waals surface area contributed by atoms with Gasteiger partial charge in [-0.05, 0) is 30.9 Å². The molecule has 0 aromatic heterocycles. The normalized spacial score (nSPS) is 11.4. The quantitative estimate of drug-likeness (QED) is 0.388. The van der Waals surface area contributed by atoms with E-state index in [1.54, 1.807) is 19.2 Å². The molecule has 2 aromatic carbocycles. The summed E-state index contributed by atoms with van der Waals surface area (Å²) in [6.07, 6.45) is 2.93. The molecule has 0 aliphatic carbocycles. The van der Waals surface area contributed by atoms with Gasteiger partial charge in [0.25, 0.3) is 0 Å². The van der Waals surface area contributed by atoms with Crippen LogP contribution in [0.15, 0.2) is 59.6 Å². The van der Waals surface area contributed by atoms with Gasteiger partial charge in [0.2, 0.25) is 0 Å². The van der Waals surface area contributed by atoms with Crippen molar-refractivity contribution < 1.29 is 9.13 Å². The van der Waals surface area contributed by atoms with E-state index in [1.807, 2.05) is 24.3 Å². The number of ether oxygens (including phenoxy) is 1. The Kier molecular flexibility index (Phi) is 9.22. The first-order valence-corrected chi connectivity index (χ1v) is 9.09. The largest absolute Gasteiger partial charge is 0.381 e. The van der Waals surface area contributed by atoms with Crippen molar-refractivity contribution in [3.8, 4) is 0 Å². The summed E-state index contributed by atoms with van der Waals surface area (Å²) in [5.41, 5.74) is 1.93. The minimum atomic E-state index is -0.205. The maximum Gasteiger partial charge on any atom is 0.191 e. The smallest absolute Gasteiger partial charge is 0.191 e. The van der Waals surface area contributed by atoms with E-state index in [0.717, 1.165) is 39.0 Å². The number of rotatable bonds is 10. The Morgan fingerprint density at radius 1 is 0.962 bits per heavy atom. The predicted octanol–water partition coefficient (Wildman–Crippen LogP) is 3.53. The first-order valence-electron chi connectivity index (χ1n) is 9.09. The monoisotopic (exact) mass is 357 g/mol. The lowest BCUT2D eigenvalue weighted by molar-refractivity contribution is 0.133. The molecule has 0 heterocycles. The molecule has 140 valence electrons. The fourth-order valence-electron chi connectivity index (χ4n) is 2.51. The average Bonchev–Trinajstić information content (AvgIpc) is 2.68. The van der Waals surface area contributed by atoms with Crippen molar-refractivity contribution in [2.75, 3.05) is 26.8 Å². The highest BCUT2D eigenvalue weighted by molar-refractivity contribution is 5.79. The van der Waals surface area contributed by atoms with Crippen LogP contribution in [-0.2, 0) is 17.7 Å². The van der Waals surface area contributed by atoms with Crippen LogP contribution in [0.1, 0.15) is 24.0 Å². The summed E-state index contributed by atoms with van der Waals surface area (Å²) in [7, 11) is 1.71. The van der Waals surface area contributed by atoms with E-state index in [9.17, 15) is 4.39 Å². The number of benzene rings is 2. The number of nitrogens with zero attached hydrogens (tertiary/aromatic N) is 1. The molecule has 0 amide bonds. The highest BCUT2D eigenvalue weighted by Gasteiger charge is 2.02. The molecule has 0 saturated carbocycles. The maximum atomic E-state index is 13.6. The Morgan fingerprint density at radius 2 is 1.73 bits per heavy atom. The van der Waals surface area contributed by atoms with Gasteiger partial charge in [0.05, 0.1) is 6.61 Å². The number of halogens is 1. The first-order chi connectivity index (χ1) is 12.8. The highest BCUT2D eigenvalue weighted by Crippen LogP contribution is 2.05. The van der Waals surface area contributed by atoms with Gasteiger partial charge in [0.1, 0.15) is 5.82 Å². The number of aliphatic imine (C=N–C) groups is 1. The number of nitrogens with one attached hydrogen (secondary N) is 2. The van der Waals surface area contributed by atoms with Crippen LogP contribution >= 0.6 is 0 Å². The second-order valence-corrected chi connectivity index (χ2v) is 6.00. The first kappa shape index (κ1) is 19.9. The number of unbranched alkanes of at least 4 members (excludes halogenated alkanes) is 1. The summed E-state index contributed by atoms with van der Waals surface area (Å²) in [5, 5.41) is 6.36. The minimum Gasteiger partial charge on any atom is -0.381 e. The zero-order chi connectivity index (χ0) is 18.5. The van der Waals surface area contributed by atoms with Gasteiger partial charge in [0, 0.05) is 32.3 Å². The van der Waals surface area contributed by atoms with Crippen LogP contribution in [0.4, 0.5) is 4.39 Å². The Labute approximate surface area is 155 Å². The summed E-state index contributed by atoms with van der Waals surface area (Å²) >= 11 is 0. The summed E-state index contributed by atoms with van der Waals surface area (Å²) in [6.45, 7) is 2.73. The summed E-state index contributed by atoms with van der Waals surface area (Å²) in [6, 6.07) is 17.1. The third kappa shape index (κ3) is 7.66. The molecule has 0 fully saturated rings. The molecule has 2 N–H and O–H groups in total. The van der Waals surface area contributed by atoms with E-state index in [2.05, 4.69) is 27.8 Å². The zero-order valence-corrected chi connectivity index (χ0v) is 15.4. The minimum absolute atomic E-state index is 0.205. The molecular formula is C21H28FN3O. The van der Waals surface area contributed by atoms with Crippen LogP contribution in [0.2, 0.25) is 0 Å². The Morgan fingerprint density at radius 3 is 2.50 bits per heavy atom. The molecule has 2 aromatic rings. The lowest BCUT2D eigenvalue weighted by Gasteiger charge is -2.12. The van der Waals surface area contributed by atoms with Crippen molar-refractivity contribution in [2.24, 2.45) is 4.99 Å². The van der Waals surface area contributed by atoms with E-state index in [0.29, 0.717) is 18.1 Å². The van der Waals surface area contributed by atoms with Gasteiger partial charge in [0.15, 0.2) is 5.96 Å². The summed E-state index contributed by atoms with van der Waals surface area (Å²) in [5.74, 6) is 0.473. The Balaban J connectivity index is 1.51. The van der Waals surface area contributed by atoms with Crippen LogP contribution in [-0.4, -0.2) is 32.8 Å². The molecule has 0 saturated heterocycles. The van der Waals surface area contributed by atoms with Gasteiger partial charge in [-0.15, -0.1) is 0 Å². The molecule has 0 atom stereocenters. The lowest BCUT2D eigenvalue weighted by atomic mass is 10.2.